The van der Waals surface area contributed by atoms with Gasteiger partial charge in [0, 0.05) is 31.5 Å². The van der Waals surface area contributed by atoms with Gasteiger partial charge in [-0.1, -0.05) is 15.9 Å². The summed E-state index contributed by atoms with van der Waals surface area (Å²) >= 11 is 3.43. The molecule has 0 spiro atoms. The first-order valence-corrected chi connectivity index (χ1v) is 9.56. The fraction of sp³-hybridized carbons (Fsp3) is 0.571. The van der Waals surface area contributed by atoms with Gasteiger partial charge in [-0.05, 0) is 37.2 Å². The van der Waals surface area contributed by atoms with Crippen molar-refractivity contribution in [3.63, 3.8) is 0 Å². The van der Waals surface area contributed by atoms with Crippen molar-refractivity contribution >= 4 is 26.0 Å². The number of ether oxygens (including phenoxy) is 1. The van der Waals surface area contributed by atoms with Gasteiger partial charge >= 0.3 is 0 Å². The number of nitrogens with zero attached hydrogens (tertiary/aromatic N) is 2. The predicted octanol–water partition coefficient (Wildman–Crippen LogP) is 1.79. The molecule has 0 aromatic heterocycles. The molecule has 0 saturated carbocycles. The van der Waals surface area contributed by atoms with Crippen LogP contribution >= 0.6 is 15.9 Å². The van der Waals surface area contributed by atoms with E-state index in [1.54, 1.807) is 35.7 Å². The molecule has 5 nitrogen and oxygen atoms in total. The number of benzene rings is 1. The Morgan fingerprint density at radius 3 is 2.48 bits per heavy atom. The van der Waals surface area contributed by atoms with Crippen molar-refractivity contribution < 1.29 is 13.2 Å². The van der Waals surface area contributed by atoms with Gasteiger partial charge in [-0.3, -0.25) is 0 Å². The summed E-state index contributed by atoms with van der Waals surface area (Å²) in [6.45, 7) is 3.80. The van der Waals surface area contributed by atoms with Gasteiger partial charge in [0.15, 0.2) is 0 Å². The van der Waals surface area contributed by atoms with E-state index in [0.29, 0.717) is 23.7 Å². The number of alkyl halides is 1. The summed E-state index contributed by atoms with van der Waals surface area (Å²) < 4.78 is 32.0. The molecule has 1 heterocycles. The second-order valence-electron chi connectivity index (χ2n) is 4.96. The van der Waals surface area contributed by atoms with Gasteiger partial charge in [-0.25, -0.2) is 8.42 Å². The van der Waals surface area contributed by atoms with Crippen LogP contribution in [-0.4, -0.2) is 62.8 Å². The summed E-state index contributed by atoms with van der Waals surface area (Å²) in [5.74, 6) is 0.660. The van der Waals surface area contributed by atoms with Crippen LogP contribution < -0.4 is 4.74 Å². The fourth-order valence-electron chi connectivity index (χ4n) is 2.43. The molecule has 1 saturated heterocycles. The molecular weight excluding hydrogens is 356 g/mol. The summed E-state index contributed by atoms with van der Waals surface area (Å²) in [5.41, 5.74) is 0. The highest BCUT2D eigenvalue weighted by molar-refractivity contribution is 9.09. The standard InChI is InChI=1S/C14H21BrN2O3S/c1-20-13-3-5-14(6-4-13)21(18,19)17-9-2-8-16(10-7-15)11-12-17/h3-6H,2,7-12H2,1H3. The molecule has 0 bridgehead atoms. The van der Waals surface area contributed by atoms with E-state index in [-0.39, 0.29) is 0 Å². The van der Waals surface area contributed by atoms with E-state index in [0.717, 1.165) is 31.4 Å². The highest BCUT2D eigenvalue weighted by Crippen LogP contribution is 2.20. The second-order valence-corrected chi connectivity index (χ2v) is 7.69. The molecule has 21 heavy (non-hydrogen) atoms. The Labute approximate surface area is 135 Å². The van der Waals surface area contributed by atoms with Gasteiger partial charge in [-0.15, -0.1) is 0 Å². The zero-order chi connectivity index (χ0) is 15.3. The number of halogens is 1. The van der Waals surface area contributed by atoms with Crippen molar-refractivity contribution in [1.29, 1.82) is 0 Å². The van der Waals surface area contributed by atoms with Crippen LogP contribution in [0.2, 0.25) is 0 Å². The van der Waals surface area contributed by atoms with Crippen molar-refractivity contribution in [2.75, 3.05) is 45.2 Å². The van der Waals surface area contributed by atoms with Gasteiger partial charge in [0.1, 0.15) is 5.75 Å². The van der Waals surface area contributed by atoms with Crippen molar-refractivity contribution in [3.8, 4) is 5.75 Å². The van der Waals surface area contributed by atoms with Crippen LogP contribution in [0.15, 0.2) is 29.2 Å². The van der Waals surface area contributed by atoms with E-state index in [1.165, 1.54) is 0 Å². The zero-order valence-corrected chi connectivity index (χ0v) is 14.6. The molecule has 0 amide bonds. The average molecular weight is 377 g/mol. The molecule has 1 aliphatic heterocycles. The Morgan fingerprint density at radius 2 is 1.86 bits per heavy atom. The number of sulfonamides is 1. The van der Waals surface area contributed by atoms with Crippen LogP contribution in [0.25, 0.3) is 0 Å². The monoisotopic (exact) mass is 376 g/mol. The molecule has 2 rings (SSSR count). The van der Waals surface area contributed by atoms with E-state index in [9.17, 15) is 8.42 Å². The Hall–Kier alpha value is -0.630. The second kappa shape index (κ2) is 7.58. The van der Waals surface area contributed by atoms with Gasteiger partial charge in [0.25, 0.3) is 0 Å². The number of hydrogen-bond acceptors (Lipinski definition) is 4. The Balaban J connectivity index is 2.11. The van der Waals surface area contributed by atoms with Crippen molar-refractivity contribution in [2.45, 2.75) is 11.3 Å². The maximum atomic E-state index is 12.7. The quantitative estimate of drug-likeness (QED) is 0.735. The molecule has 118 valence electrons. The lowest BCUT2D eigenvalue weighted by Crippen LogP contribution is -2.35. The van der Waals surface area contributed by atoms with Gasteiger partial charge < -0.3 is 9.64 Å². The Bertz CT molecular complexity index is 548. The van der Waals surface area contributed by atoms with Crippen LogP contribution in [0.3, 0.4) is 0 Å². The van der Waals surface area contributed by atoms with Crippen LogP contribution in [0, 0.1) is 0 Å². The molecule has 1 aromatic rings. The molecule has 0 N–H and O–H groups in total. The lowest BCUT2D eigenvalue weighted by Gasteiger charge is -2.21. The van der Waals surface area contributed by atoms with Crippen molar-refractivity contribution in [1.82, 2.24) is 9.21 Å². The molecule has 1 aliphatic rings. The normalized spacial score (nSPS) is 18.4. The third-order valence-electron chi connectivity index (χ3n) is 3.65. The zero-order valence-electron chi connectivity index (χ0n) is 12.2. The maximum absolute atomic E-state index is 12.7. The highest BCUT2D eigenvalue weighted by Gasteiger charge is 2.26. The van der Waals surface area contributed by atoms with Crippen molar-refractivity contribution in [2.24, 2.45) is 0 Å². The van der Waals surface area contributed by atoms with Crippen LogP contribution in [0.4, 0.5) is 0 Å². The van der Waals surface area contributed by atoms with Crippen molar-refractivity contribution in [3.05, 3.63) is 24.3 Å². The smallest absolute Gasteiger partial charge is 0.243 e. The molecule has 1 aromatic carbocycles. The first-order chi connectivity index (χ1) is 10.1. The van der Waals surface area contributed by atoms with Gasteiger partial charge in [0.05, 0.1) is 12.0 Å². The molecule has 1 fully saturated rings. The Kier molecular flexibility index (Phi) is 6.04. The average Bonchev–Trinajstić information content (AvgIpc) is 2.74. The largest absolute Gasteiger partial charge is 0.497 e. The van der Waals surface area contributed by atoms with Crippen LogP contribution in [-0.2, 0) is 10.0 Å². The fourth-order valence-corrected chi connectivity index (χ4v) is 4.40. The summed E-state index contributed by atoms with van der Waals surface area (Å²) in [4.78, 5) is 2.62. The third kappa shape index (κ3) is 4.18. The lowest BCUT2D eigenvalue weighted by molar-refractivity contribution is 0.305. The van der Waals surface area contributed by atoms with E-state index in [4.69, 9.17) is 4.74 Å². The first-order valence-electron chi connectivity index (χ1n) is 7.00. The lowest BCUT2D eigenvalue weighted by atomic mass is 10.3. The topological polar surface area (TPSA) is 49.9 Å². The first kappa shape index (κ1) is 16.7. The molecular formula is C14H21BrN2O3S. The third-order valence-corrected chi connectivity index (χ3v) is 5.91. The summed E-state index contributed by atoms with van der Waals surface area (Å²) in [5, 5.41) is 0.915. The summed E-state index contributed by atoms with van der Waals surface area (Å²) in [6, 6.07) is 6.58. The minimum Gasteiger partial charge on any atom is -0.497 e. The molecule has 0 unspecified atom stereocenters. The van der Waals surface area contributed by atoms with E-state index in [2.05, 4.69) is 20.8 Å². The van der Waals surface area contributed by atoms with E-state index in [1.807, 2.05) is 0 Å². The number of rotatable bonds is 5. The summed E-state index contributed by atoms with van der Waals surface area (Å²) in [6.07, 6.45) is 0.863. The van der Waals surface area contributed by atoms with E-state index < -0.39 is 10.0 Å². The minimum atomic E-state index is -3.41. The molecule has 0 atom stereocenters. The van der Waals surface area contributed by atoms with Gasteiger partial charge in [-0.2, -0.15) is 4.31 Å². The Morgan fingerprint density at radius 1 is 1.14 bits per heavy atom. The number of methoxy groups -OCH3 is 1. The molecule has 7 heteroatoms. The SMILES string of the molecule is COc1ccc(S(=O)(=O)N2CCCN(CCBr)CC2)cc1. The van der Waals surface area contributed by atoms with E-state index >= 15 is 0 Å². The molecule has 0 radical (unpaired) electrons. The maximum Gasteiger partial charge on any atom is 0.243 e. The summed E-state index contributed by atoms with van der Waals surface area (Å²) in [7, 11) is -1.84. The predicted molar refractivity (Wildman–Crippen MR) is 86.6 cm³/mol. The molecule has 0 aliphatic carbocycles. The minimum absolute atomic E-state index is 0.331. The number of hydrogen-bond donors (Lipinski definition) is 0. The van der Waals surface area contributed by atoms with Crippen LogP contribution in [0.5, 0.6) is 5.75 Å². The van der Waals surface area contributed by atoms with Crippen LogP contribution in [0.1, 0.15) is 6.42 Å². The highest BCUT2D eigenvalue weighted by atomic mass is 79.9. The van der Waals surface area contributed by atoms with Gasteiger partial charge in [0.2, 0.25) is 10.0 Å².